The number of carbonyl (C=O) groups excluding carboxylic acids is 2. The van der Waals surface area contributed by atoms with Crippen molar-refractivity contribution in [2.75, 3.05) is 0 Å². The number of piperidine rings is 1. The molecule has 3 unspecified atom stereocenters. The Morgan fingerprint density at radius 3 is 2.89 bits per heavy atom. The number of amides is 1. The van der Waals surface area contributed by atoms with Gasteiger partial charge in [-0.15, -0.1) is 0 Å². The van der Waals surface area contributed by atoms with Gasteiger partial charge in [0.2, 0.25) is 5.91 Å². The van der Waals surface area contributed by atoms with Crippen LogP contribution in [0.15, 0.2) is 24.3 Å². The fourth-order valence-electron chi connectivity index (χ4n) is 3.06. The van der Waals surface area contributed by atoms with Crippen LogP contribution in [-0.4, -0.2) is 17.4 Å². The van der Waals surface area contributed by atoms with Gasteiger partial charge in [-0.05, 0) is 25.5 Å². The molecule has 3 atom stereocenters. The number of benzene rings is 1. The number of hydrogen-bond acceptors (Lipinski definition) is 3. The summed E-state index contributed by atoms with van der Waals surface area (Å²) in [4.78, 5) is 23.8. The quantitative estimate of drug-likeness (QED) is 0.765. The van der Waals surface area contributed by atoms with Gasteiger partial charge in [-0.2, -0.15) is 0 Å². The molecule has 18 heavy (non-hydrogen) atoms. The van der Waals surface area contributed by atoms with E-state index in [2.05, 4.69) is 5.32 Å². The third-order valence-corrected chi connectivity index (χ3v) is 3.77. The van der Waals surface area contributed by atoms with Crippen molar-refractivity contribution in [1.82, 2.24) is 5.32 Å². The molecular formula is C14H15NO3. The zero-order chi connectivity index (χ0) is 12.9. The van der Waals surface area contributed by atoms with Crippen molar-refractivity contribution in [2.24, 2.45) is 5.92 Å². The van der Waals surface area contributed by atoms with Gasteiger partial charge in [0, 0.05) is 12.3 Å². The fourth-order valence-corrected chi connectivity index (χ4v) is 3.06. The van der Waals surface area contributed by atoms with E-state index in [0.717, 1.165) is 11.3 Å². The average molecular weight is 245 g/mol. The highest BCUT2D eigenvalue weighted by Crippen LogP contribution is 2.46. The molecule has 0 spiro atoms. The van der Waals surface area contributed by atoms with E-state index in [1.165, 1.54) is 6.92 Å². The SMILES string of the molecule is CC(=O)C1C(=O)NC2(C)CC1c1ccccc1O2. The van der Waals surface area contributed by atoms with Gasteiger partial charge >= 0.3 is 0 Å². The minimum absolute atomic E-state index is 0.0776. The highest BCUT2D eigenvalue weighted by molar-refractivity contribution is 6.02. The van der Waals surface area contributed by atoms with Gasteiger partial charge < -0.3 is 10.1 Å². The summed E-state index contributed by atoms with van der Waals surface area (Å²) in [5, 5.41) is 2.81. The van der Waals surface area contributed by atoms with Gasteiger partial charge in [0.05, 0.1) is 0 Å². The molecule has 1 amide bonds. The van der Waals surface area contributed by atoms with Crippen LogP contribution in [0.1, 0.15) is 31.7 Å². The minimum atomic E-state index is -0.692. The van der Waals surface area contributed by atoms with E-state index in [-0.39, 0.29) is 17.6 Å². The van der Waals surface area contributed by atoms with Gasteiger partial charge in [0.15, 0.2) is 5.72 Å². The van der Waals surface area contributed by atoms with Gasteiger partial charge in [0.25, 0.3) is 0 Å². The Kier molecular flexibility index (Phi) is 2.24. The lowest BCUT2D eigenvalue weighted by molar-refractivity contribution is -0.145. The van der Waals surface area contributed by atoms with Crippen molar-refractivity contribution in [3.05, 3.63) is 29.8 Å². The van der Waals surface area contributed by atoms with Crippen LogP contribution in [0.5, 0.6) is 5.75 Å². The molecule has 2 heterocycles. The number of hydrogen-bond donors (Lipinski definition) is 1. The topological polar surface area (TPSA) is 55.4 Å². The van der Waals surface area contributed by atoms with Crippen molar-refractivity contribution >= 4 is 11.7 Å². The average Bonchev–Trinajstić information content (AvgIpc) is 2.26. The third kappa shape index (κ3) is 1.52. The normalized spacial score (nSPS) is 33.1. The molecule has 3 rings (SSSR count). The van der Waals surface area contributed by atoms with Gasteiger partial charge in [-0.3, -0.25) is 9.59 Å². The molecule has 1 aromatic carbocycles. The lowest BCUT2D eigenvalue weighted by atomic mass is 9.73. The molecule has 2 aliphatic heterocycles. The summed E-state index contributed by atoms with van der Waals surface area (Å²) in [6.07, 6.45) is 0.639. The highest BCUT2D eigenvalue weighted by Gasteiger charge is 2.50. The van der Waals surface area contributed by atoms with Crippen LogP contribution in [0.25, 0.3) is 0 Å². The number of ketones is 1. The van der Waals surface area contributed by atoms with Gasteiger partial charge in [-0.1, -0.05) is 18.2 Å². The predicted molar refractivity (Wildman–Crippen MR) is 65.1 cm³/mol. The molecule has 0 aliphatic carbocycles. The Labute approximate surface area is 105 Å². The third-order valence-electron chi connectivity index (χ3n) is 3.77. The van der Waals surface area contributed by atoms with Gasteiger partial charge in [-0.25, -0.2) is 0 Å². The van der Waals surface area contributed by atoms with Crippen LogP contribution in [0.2, 0.25) is 0 Å². The van der Waals surface area contributed by atoms with Crippen LogP contribution in [0.3, 0.4) is 0 Å². The van der Waals surface area contributed by atoms with Crippen molar-refractivity contribution < 1.29 is 14.3 Å². The molecule has 94 valence electrons. The van der Waals surface area contributed by atoms with E-state index < -0.39 is 11.6 Å². The zero-order valence-electron chi connectivity index (χ0n) is 10.4. The number of Topliss-reactive ketones (excluding diaryl/α,β-unsaturated/α-hetero) is 1. The molecular weight excluding hydrogens is 230 g/mol. The molecule has 2 bridgehead atoms. The first kappa shape index (κ1) is 11.3. The summed E-state index contributed by atoms with van der Waals surface area (Å²) >= 11 is 0. The van der Waals surface area contributed by atoms with E-state index in [4.69, 9.17) is 4.74 Å². The fraction of sp³-hybridized carbons (Fsp3) is 0.429. The molecule has 1 aromatic rings. The Balaban J connectivity index is 2.14. The van der Waals surface area contributed by atoms with E-state index in [1.54, 1.807) is 0 Å². The lowest BCUT2D eigenvalue weighted by Crippen LogP contribution is -2.61. The summed E-state index contributed by atoms with van der Waals surface area (Å²) in [7, 11) is 0. The van der Waals surface area contributed by atoms with Crippen molar-refractivity contribution in [3.63, 3.8) is 0 Å². The number of nitrogens with one attached hydrogen (secondary N) is 1. The molecule has 4 heteroatoms. The first-order valence-electron chi connectivity index (χ1n) is 6.11. The Hall–Kier alpha value is -1.84. The van der Waals surface area contributed by atoms with Crippen LogP contribution in [0, 0.1) is 5.92 Å². The molecule has 1 saturated heterocycles. The Morgan fingerprint density at radius 2 is 2.17 bits per heavy atom. The second-order valence-corrected chi connectivity index (χ2v) is 5.26. The first-order valence-corrected chi connectivity index (χ1v) is 6.11. The lowest BCUT2D eigenvalue weighted by Gasteiger charge is -2.46. The minimum Gasteiger partial charge on any atom is -0.468 e. The van der Waals surface area contributed by atoms with E-state index in [0.29, 0.717) is 6.42 Å². The predicted octanol–water partition coefficient (Wildman–Crippen LogP) is 1.60. The molecule has 1 N–H and O–H groups in total. The second kappa shape index (κ2) is 3.57. The molecule has 1 fully saturated rings. The standard InChI is InChI=1S/C14H15NO3/c1-8(16)12-10-7-14(2,15-13(12)17)18-11-6-4-3-5-9(10)11/h3-6,10,12H,7H2,1-2H3,(H,15,17). The molecule has 0 aromatic heterocycles. The number of carbonyl (C=O) groups is 2. The van der Waals surface area contributed by atoms with Crippen LogP contribution >= 0.6 is 0 Å². The second-order valence-electron chi connectivity index (χ2n) is 5.26. The number of rotatable bonds is 1. The molecule has 0 radical (unpaired) electrons. The Morgan fingerprint density at radius 1 is 1.44 bits per heavy atom. The zero-order valence-corrected chi connectivity index (χ0v) is 10.4. The van der Waals surface area contributed by atoms with E-state index in [1.807, 2.05) is 31.2 Å². The maximum Gasteiger partial charge on any atom is 0.234 e. The maximum absolute atomic E-state index is 12.1. The summed E-state index contributed by atoms with van der Waals surface area (Å²) in [6, 6.07) is 7.63. The number of ether oxygens (including phenoxy) is 1. The highest BCUT2D eigenvalue weighted by atomic mass is 16.5. The maximum atomic E-state index is 12.1. The smallest absolute Gasteiger partial charge is 0.234 e. The van der Waals surface area contributed by atoms with Crippen LogP contribution < -0.4 is 10.1 Å². The Bertz CT molecular complexity index is 540. The van der Waals surface area contributed by atoms with Gasteiger partial charge in [0.1, 0.15) is 17.5 Å². The summed E-state index contributed by atoms with van der Waals surface area (Å²) < 4.78 is 5.85. The summed E-state index contributed by atoms with van der Waals surface area (Å²) in [5.74, 6) is -0.219. The van der Waals surface area contributed by atoms with Crippen molar-refractivity contribution in [3.8, 4) is 5.75 Å². The first-order chi connectivity index (χ1) is 8.50. The summed E-state index contributed by atoms with van der Waals surface area (Å²) in [6.45, 7) is 3.33. The van der Waals surface area contributed by atoms with Crippen LogP contribution in [-0.2, 0) is 9.59 Å². The molecule has 4 nitrogen and oxygen atoms in total. The number of fused-ring (bicyclic) bond motifs is 4. The van der Waals surface area contributed by atoms with Crippen molar-refractivity contribution in [2.45, 2.75) is 31.9 Å². The van der Waals surface area contributed by atoms with E-state index >= 15 is 0 Å². The largest absolute Gasteiger partial charge is 0.468 e. The summed E-state index contributed by atoms with van der Waals surface area (Å²) in [5.41, 5.74) is 0.271. The molecule has 0 saturated carbocycles. The monoisotopic (exact) mass is 245 g/mol. The number of para-hydroxylation sites is 1. The van der Waals surface area contributed by atoms with E-state index in [9.17, 15) is 9.59 Å². The van der Waals surface area contributed by atoms with Crippen molar-refractivity contribution in [1.29, 1.82) is 0 Å². The molecule has 2 aliphatic rings. The van der Waals surface area contributed by atoms with Crippen LogP contribution in [0.4, 0.5) is 0 Å².